The summed E-state index contributed by atoms with van der Waals surface area (Å²) in [5, 5.41) is 6.07. The Morgan fingerprint density at radius 3 is 2.62 bits per heavy atom. The van der Waals surface area contributed by atoms with E-state index in [2.05, 4.69) is 27.1 Å². The largest absolute Gasteiger partial charge is 0.496 e. The lowest BCUT2D eigenvalue weighted by molar-refractivity contribution is 0.405. The monoisotopic (exact) mass is 370 g/mol. The zero-order valence-electron chi connectivity index (χ0n) is 12.6. The number of halogens is 2. The van der Waals surface area contributed by atoms with Crippen LogP contribution in [0.1, 0.15) is 17.0 Å². The van der Waals surface area contributed by atoms with Crippen LogP contribution in [0.25, 0.3) is 0 Å². The molecule has 0 aliphatic rings. The van der Waals surface area contributed by atoms with E-state index in [-0.39, 0.29) is 0 Å². The molecule has 1 aromatic heterocycles. The first-order valence-electron chi connectivity index (χ1n) is 6.92. The predicted molar refractivity (Wildman–Crippen MR) is 90.6 cm³/mol. The van der Waals surface area contributed by atoms with Gasteiger partial charge in [0.1, 0.15) is 5.75 Å². The molecule has 1 heterocycles. The first kappa shape index (κ1) is 16.4. The second-order valence-electron chi connectivity index (χ2n) is 5.21. The standard InChI is InChI=1S/C16H20BrClN2O/c1-11-16(18)14(20(2)19-11)9-12(10-17)8-13-6-4-5-7-15(13)21-3/h4-7,12H,8-10H2,1-3H3. The number of hydrogen-bond acceptors (Lipinski definition) is 2. The fourth-order valence-electron chi connectivity index (χ4n) is 2.54. The normalized spacial score (nSPS) is 12.4. The van der Waals surface area contributed by atoms with Crippen molar-refractivity contribution in [1.82, 2.24) is 9.78 Å². The topological polar surface area (TPSA) is 27.1 Å². The third kappa shape index (κ3) is 3.80. The number of ether oxygens (including phenoxy) is 1. The molecule has 1 unspecified atom stereocenters. The molecule has 1 aromatic carbocycles. The highest BCUT2D eigenvalue weighted by Gasteiger charge is 2.18. The number of nitrogens with zero attached hydrogens (tertiary/aromatic N) is 2. The van der Waals surface area contributed by atoms with Crippen molar-refractivity contribution < 1.29 is 4.74 Å². The zero-order chi connectivity index (χ0) is 15.4. The van der Waals surface area contributed by atoms with Gasteiger partial charge in [-0.1, -0.05) is 45.7 Å². The van der Waals surface area contributed by atoms with Crippen LogP contribution in [0, 0.1) is 12.8 Å². The van der Waals surface area contributed by atoms with E-state index < -0.39 is 0 Å². The van der Waals surface area contributed by atoms with Crippen molar-refractivity contribution in [3.05, 3.63) is 46.2 Å². The van der Waals surface area contributed by atoms with E-state index in [0.717, 1.165) is 40.3 Å². The summed E-state index contributed by atoms with van der Waals surface area (Å²) >= 11 is 9.97. The van der Waals surface area contributed by atoms with Gasteiger partial charge >= 0.3 is 0 Å². The first-order valence-corrected chi connectivity index (χ1v) is 8.42. The average molecular weight is 372 g/mol. The summed E-state index contributed by atoms with van der Waals surface area (Å²) in [6, 6.07) is 8.16. The van der Waals surface area contributed by atoms with Crippen LogP contribution in [0.3, 0.4) is 0 Å². The van der Waals surface area contributed by atoms with Crippen molar-refractivity contribution in [3.63, 3.8) is 0 Å². The lowest BCUT2D eigenvalue weighted by atomic mass is 9.96. The number of aromatic nitrogens is 2. The molecule has 0 fully saturated rings. The fraction of sp³-hybridized carbons (Fsp3) is 0.438. The molecule has 2 rings (SSSR count). The van der Waals surface area contributed by atoms with Crippen LogP contribution < -0.4 is 4.74 Å². The maximum absolute atomic E-state index is 6.35. The van der Waals surface area contributed by atoms with Gasteiger partial charge < -0.3 is 4.74 Å². The number of rotatable bonds is 6. The lowest BCUT2D eigenvalue weighted by Gasteiger charge is -2.16. The predicted octanol–water partition coefficient (Wildman–Crippen LogP) is 4.19. The van der Waals surface area contributed by atoms with E-state index in [4.69, 9.17) is 16.3 Å². The summed E-state index contributed by atoms with van der Waals surface area (Å²) in [6.07, 6.45) is 1.83. The molecule has 0 N–H and O–H groups in total. The van der Waals surface area contributed by atoms with Gasteiger partial charge in [-0.15, -0.1) is 0 Å². The highest BCUT2D eigenvalue weighted by molar-refractivity contribution is 9.09. The quantitative estimate of drug-likeness (QED) is 0.712. The molecular weight excluding hydrogens is 352 g/mol. The maximum atomic E-state index is 6.35. The van der Waals surface area contributed by atoms with Crippen LogP contribution in [0.5, 0.6) is 5.75 Å². The molecular formula is C16H20BrClN2O. The molecule has 2 aromatic rings. The van der Waals surface area contributed by atoms with Gasteiger partial charge in [0.05, 0.1) is 23.5 Å². The zero-order valence-corrected chi connectivity index (χ0v) is 14.9. The molecule has 0 aliphatic heterocycles. The Balaban J connectivity index is 2.17. The Kier molecular flexibility index (Phi) is 5.71. The summed E-state index contributed by atoms with van der Waals surface area (Å²) in [7, 11) is 3.66. The van der Waals surface area contributed by atoms with E-state index in [1.54, 1.807) is 7.11 Å². The molecule has 1 atom stereocenters. The van der Waals surface area contributed by atoms with Gasteiger partial charge in [-0.3, -0.25) is 4.68 Å². The smallest absolute Gasteiger partial charge is 0.122 e. The first-order chi connectivity index (χ1) is 10.1. The van der Waals surface area contributed by atoms with Crippen molar-refractivity contribution in [1.29, 1.82) is 0 Å². The number of methoxy groups -OCH3 is 1. The van der Waals surface area contributed by atoms with Gasteiger partial charge in [0.15, 0.2) is 0 Å². The summed E-state index contributed by atoms with van der Waals surface area (Å²) < 4.78 is 7.32. The van der Waals surface area contributed by atoms with Crippen molar-refractivity contribution in [2.24, 2.45) is 13.0 Å². The minimum atomic E-state index is 0.439. The minimum absolute atomic E-state index is 0.439. The van der Waals surface area contributed by atoms with E-state index in [1.165, 1.54) is 5.56 Å². The van der Waals surface area contributed by atoms with Crippen LogP contribution in [-0.2, 0) is 19.9 Å². The maximum Gasteiger partial charge on any atom is 0.122 e. The van der Waals surface area contributed by atoms with Crippen molar-refractivity contribution in [2.45, 2.75) is 19.8 Å². The Morgan fingerprint density at radius 1 is 1.33 bits per heavy atom. The third-order valence-electron chi connectivity index (χ3n) is 3.66. The van der Waals surface area contributed by atoms with Crippen LogP contribution in [-0.4, -0.2) is 22.2 Å². The lowest BCUT2D eigenvalue weighted by Crippen LogP contribution is -2.13. The van der Waals surface area contributed by atoms with Gasteiger partial charge in [-0.05, 0) is 37.3 Å². The van der Waals surface area contributed by atoms with Crippen molar-refractivity contribution in [3.8, 4) is 5.75 Å². The van der Waals surface area contributed by atoms with E-state index in [0.29, 0.717) is 5.92 Å². The molecule has 0 saturated heterocycles. The molecule has 0 amide bonds. The second-order valence-corrected chi connectivity index (χ2v) is 6.24. The molecule has 0 bridgehead atoms. The molecule has 21 heavy (non-hydrogen) atoms. The Morgan fingerprint density at radius 2 is 2.05 bits per heavy atom. The number of benzene rings is 1. The van der Waals surface area contributed by atoms with E-state index >= 15 is 0 Å². The van der Waals surface area contributed by atoms with Crippen molar-refractivity contribution >= 4 is 27.5 Å². The van der Waals surface area contributed by atoms with Crippen LogP contribution in [0.15, 0.2) is 24.3 Å². The molecule has 0 aliphatic carbocycles. The third-order valence-corrected chi connectivity index (χ3v) is 5.07. The van der Waals surface area contributed by atoms with Gasteiger partial charge in [0.2, 0.25) is 0 Å². The Bertz CT molecular complexity index is 612. The Labute approximate surface area is 139 Å². The summed E-state index contributed by atoms with van der Waals surface area (Å²) in [4.78, 5) is 0. The molecule has 0 spiro atoms. The number of hydrogen-bond donors (Lipinski definition) is 0. The second kappa shape index (κ2) is 7.32. The van der Waals surface area contributed by atoms with Gasteiger partial charge in [0, 0.05) is 12.4 Å². The van der Waals surface area contributed by atoms with E-state index in [1.807, 2.05) is 36.9 Å². The summed E-state index contributed by atoms with van der Waals surface area (Å²) in [6.45, 7) is 1.94. The van der Waals surface area contributed by atoms with Crippen LogP contribution >= 0.6 is 27.5 Å². The van der Waals surface area contributed by atoms with Gasteiger partial charge in [-0.25, -0.2) is 0 Å². The molecule has 3 nitrogen and oxygen atoms in total. The summed E-state index contributed by atoms with van der Waals surface area (Å²) in [5.74, 6) is 1.38. The Hall–Kier alpha value is -1.00. The summed E-state index contributed by atoms with van der Waals surface area (Å²) in [5.41, 5.74) is 3.20. The van der Waals surface area contributed by atoms with Crippen LogP contribution in [0.4, 0.5) is 0 Å². The van der Waals surface area contributed by atoms with E-state index in [9.17, 15) is 0 Å². The van der Waals surface area contributed by atoms with Gasteiger partial charge in [0.25, 0.3) is 0 Å². The fourth-order valence-corrected chi connectivity index (χ4v) is 3.23. The SMILES string of the molecule is COc1ccccc1CC(CBr)Cc1c(Cl)c(C)nn1C. The molecule has 0 radical (unpaired) electrons. The highest BCUT2D eigenvalue weighted by atomic mass is 79.9. The number of para-hydroxylation sites is 1. The van der Waals surface area contributed by atoms with Crippen LogP contribution in [0.2, 0.25) is 5.02 Å². The average Bonchev–Trinajstić information content (AvgIpc) is 2.73. The number of aryl methyl sites for hydroxylation is 2. The highest BCUT2D eigenvalue weighted by Crippen LogP contribution is 2.27. The molecule has 114 valence electrons. The van der Waals surface area contributed by atoms with Gasteiger partial charge in [-0.2, -0.15) is 5.10 Å². The number of alkyl halides is 1. The molecule has 5 heteroatoms. The molecule has 0 saturated carbocycles. The van der Waals surface area contributed by atoms with Crippen molar-refractivity contribution in [2.75, 3.05) is 12.4 Å². The minimum Gasteiger partial charge on any atom is -0.496 e.